The molecule has 0 saturated carbocycles. The molecule has 0 spiro atoms. The van der Waals surface area contributed by atoms with Gasteiger partial charge in [0.25, 0.3) is 0 Å². The number of hydrogen-bond acceptors (Lipinski definition) is 4. The van der Waals surface area contributed by atoms with E-state index in [9.17, 15) is 4.79 Å². The third kappa shape index (κ3) is 2.79. The SMILES string of the molecule is Cc1cc(NC(=O)CC2CCCN2)on1. The largest absolute Gasteiger partial charge is 0.338 e. The Labute approximate surface area is 88.2 Å². The molecule has 1 fully saturated rings. The van der Waals surface area contributed by atoms with Crippen LogP contribution in [-0.2, 0) is 4.79 Å². The van der Waals surface area contributed by atoms with E-state index < -0.39 is 0 Å². The highest BCUT2D eigenvalue weighted by Crippen LogP contribution is 2.12. The van der Waals surface area contributed by atoms with Gasteiger partial charge in [0.15, 0.2) is 0 Å². The normalized spacial score (nSPS) is 20.5. The molecule has 1 amide bonds. The molecule has 1 atom stereocenters. The first kappa shape index (κ1) is 10.2. The Kier molecular flexibility index (Phi) is 3.01. The summed E-state index contributed by atoms with van der Waals surface area (Å²) in [6.45, 7) is 2.83. The zero-order valence-corrected chi connectivity index (χ0v) is 8.75. The van der Waals surface area contributed by atoms with E-state index in [0.29, 0.717) is 18.3 Å². The number of aromatic nitrogens is 1. The van der Waals surface area contributed by atoms with Crippen molar-refractivity contribution in [2.75, 3.05) is 11.9 Å². The summed E-state index contributed by atoms with van der Waals surface area (Å²) in [5.74, 6) is 0.404. The molecule has 0 aromatic carbocycles. The highest BCUT2D eigenvalue weighted by molar-refractivity contribution is 5.89. The van der Waals surface area contributed by atoms with Crippen LogP contribution in [0.4, 0.5) is 5.88 Å². The van der Waals surface area contributed by atoms with Gasteiger partial charge < -0.3 is 9.84 Å². The molecule has 1 unspecified atom stereocenters. The maximum absolute atomic E-state index is 11.5. The molecule has 82 valence electrons. The van der Waals surface area contributed by atoms with Crippen LogP contribution in [0.15, 0.2) is 10.6 Å². The summed E-state index contributed by atoms with van der Waals surface area (Å²) >= 11 is 0. The summed E-state index contributed by atoms with van der Waals surface area (Å²) in [6.07, 6.45) is 2.72. The fourth-order valence-electron chi connectivity index (χ4n) is 1.77. The van der Waals surface area contributed by atoms with Crippen LogP contribution in [0, 0.1) is 6.92 Å². The lowest BCUT2D eigenvalue weighted by Gasteiger charge is -2.08. The molecule has 2 N–H and O–H groups in total. The summed E-state index contributed by atoms with van der Waals surface area (Å²) in [5, 5.41) is 9.65. The number of aryl methyl sites for hydroxylation is 1. The van der Waals surface area contributed by atoms with Gasteiger partial charge in [-0.15, -0.1) is 0 Å². The molecule has 0 aliphatic carbocycles. The van der Waals surface area contributed by atoms with Gasteiger partial charge >= 0.3 is 0 Å². The molecule has 1 aliphatic rings. The van der Waals surface area contributed by atoms with Gasteiger partial charge in [0, 0.05) is 18.5 Å². The molecule has 1 saturated heterocycles. The molecule has 0 bridgehead atoms. The molecular weight excluding hydrogens is 194 g/mol. The molecular formula is C10H15N3O2. The Balaban J connectivity index is 1.81. The standard InChI is InChI=1S/C10H15N3O2/c1-7-5-10(15-13-7)12-9(14)6-8-3-2-4-11-8/h5,8,11H,2-4,6H2,1H3,(H,12,14). The van der Waals surface area contributed by atoms with Crippen LogP contribution >= 0.6 is 0 Å². The second-order valence-corrected chi connectivity index (χ2v) is 3.88. The van der Waals surface area contributed by atoms with E-state index in [1.54, 1.807) is 6.07 Å². The molecule has 0 radical (unpaired) electrons. The third-order valence-electron chi connectivity index (χ3n) is 2.48. The lowest BCUT2D eigenvalue weighted by atomic mass is 10.1. The molecule has 1 aromatic rings. The van der Waals surface area contributed by atoms with Crippen LogP contribution in [-0.4, -0.2) is 23.7 Å². The van der Waals surface area contributed by atoms with Gasteiger partial charge in [-0.25, -0.2) is 0 Å². The van der Waals surface area contributed by atoms with Gasteiger partial charge in [0.2, 0.25) is 11.8 Å². The molecule has 1 aliphatic heterocycles. The molecule has 1 aromatic heterocycles. The van der Waals surface area contributed by atoms with Crippen molar-refractivity contribution in [3.63, 3.8) is 0 Å². The Morgan fingerprint density at radius 1 is 1.80 bits per heavy atom. The summed E-state index contributed by atoms with van der Waals surface area (Å²) in [7, 11) is 0. The number of rotatable bonds is 3. The number of carbonyl (C=O) groups excluding carboxylic acids is 1. The van der Waals surface area contributed by atoms with Gasteiger partial charge in [0.1, 0.15) is 0 Å². The molecule has 2 rings (SSSR count). The van der Waals surface area contributed by atoms with Crippen molar-refractivity contribution in [3.05, 3.63) is 11.8 Å². The van der Waals surface area contributed by atoms with Crippen molar-refractivity contribution in [2.24, 2.45) is 0 Å². The zero-order chi connectivity index (χ0) is 10.7. The predicted octanol–water partition coefficient (Wildman–Crippen LogP) is 1.06. The van der Waals surface area contributed by atoms with Gasteiger partial charge in [-0.3, -0.25) is 10.1 Å². The average Bonchev–Trinajstić information content (AvgIpc) is 2.77. The fourth-order valence-corrected chi connectivity index (χ4v) is 1.77. The van der Waals surface area contributed by atoms with Crippen LogP contribution in [0.25, 0.3) is 0 Å². The summed E-state index contributed by atoms with van der Waals surface area (Å²) in [4.78, 5) is 11.5. The molecule has 2 heterocycles. The minimum atomic E-state index is -0.0226. The van der Waals surface area contributed by atoms with Crippen molar-refractivity contribution in [1.29, 1.82) is 0 Å². The number of nitrogens with one attached hydrogen (secondary N) is 2. The van der Waals surface area contributed by atoms with Gasteiger partial charge in [-0.05, 0) is 26.3 Å². The van der Waals surface area contributed by atoms with E-state index in [1.165, 1.54) is 0 Å². The second kappa shape index (κ2) is 4.44. The molecule has 5 heteroatoms. The van der Waals surface area contributed by atoms with Crippen LogP contribution in [0.3, 0.4) is 0 Å². The highest BCUT2D eigenvalue weighted by Gasteiger charge is 2.18. The monoisotopic (exact) mass is 209 g/mol. The van der Waals surface area contributed by atoms with Crippen molar-refractivity contribution >= 4 is 11.8 Å². The van der Waals surface area contributed by atoms with E-state index in [1.807, 2.05) is 6.92 Å². The van der Waals surface area contributed by atoms with Crippen LogP contribution < -0.4 is 10.6 Å². The minimum Gasteiger partial charge on any atom is -0.338 e. The zero-order valence-electron chi connectivity index (χ0n) is 8.75. The van der Waals surface area contributed by atoms with Crippen molar-refractivity contribution in [1.82, 2.24) is 10.5 Å². The van der Waals surface area contributed by atoms with E-state index in [2.05, 4.69) is 15.8 Å². The lowest BCUT2D eigenvalue weighted by Crippen LogP contribution is -2.27. The number of amides is 1. The van der Waals surface area contributed by atoms with Crippen molar-refractivity contribution < 1.29 is 9.32 Å². The van der Waals surface area contributed by atoms with Crippen molar-refractivity contribution in [3.8, 4) is 0 Å². The molecule has 15 heavy (non-hydrogen) atoms. The quantitative estimate of drug-likeness (QED) is 0.781. The first-order valence-corrected chi connectivity index (χ1v) is 5.20. The average molecular weight is 209 g/mol. The predicted molar refractivity (Wildman–Crippen MR) is 55.5 cm³/mol. The number of hydrogen-bond donors (Lipinski definition) is 2. The number of nitrogens with zero attached hydrogens (tertiary/aromatic N) is 1. The maximum atomic E-state index is 11.5. The first-order valence-electron chi connectivity index (χ1n) is 5.20. The van der Waals surface area contributed by atoms with Gasteiger partial charge in [0.05, 0.1) is 5.69 Å². The second-order valence-electron chi connectivity index (χ2n) is 3.88. The minimum absolute atomic E-state index is 0.0226. The number of anilines is 1. The number of carbonyl (C=O) groups is 1. The van der Waals surface area contributed by atoms with Crippen LogP contribution in [0.2, 0.25) is 0 Å². The summed E-state index contributed by atoms with van der Waals surface area (Å²) < 4.78 is 4.90. The van der Waals surface area contributed by atoms with Crippen molar-refractivity contribution in [2.45, 2.75) is 32.2 Å². The lowest BCUT2D eigenvalue weighted by molar-refractivity contribution is -0.116. The van der Waals surface area contributed by atoms with E-state index in [4.69, 9.17) is 4.52 Å². The summed E-state index contributed by atoms with van der Waals surface area (Å²) in [5.41, 5.74) is 0.768. The van der Waals surface area contributed by atoms with E-state index in [0.717, 1.165) is 25.1 Å². The van der Waals surface area contributed by atoms with Gasteiger partial charge in [-0.2, -0.15) is 0 Å². The molecule has 5 nitrogen and oxygen atoms in total. The first-order chi connectivity index (χ1) is 7.24. The van der Waals surface area contributed by atoms with E-state index in [-0.39, 0.29) is 5.91 Å². The third-order valence-corrected chi connectivity index (χ3v) is 2.48. The maximum Gasteiger partial charge on any atom is 0.231 e. The highest BCUT2D eigenvalue weighted by atomic mass is 16.5. The fraction of sp³-hybridized carbons (Fsp3) is 0.600. The van der Waals surface area contributed by atoms with Gasteiger partial charge in [-0.1, -0.05) is 5.16 Å². The Hall–Kier alpha value is -1.36. The van der Waals surface area contributed by atoms with Crippen LogP contribution in [0.1, 0.15) is 25.0 Å². The topological polar surface area (TPSA) is 67.2 Å². The Bertz CT molecular complexity index is 342. The Morgan fingerprint density at radius 2 is 2.67 bits per heavy atom. The van der Waals surface area contributed by atoms with Crippen LogP contribution in [0.5, 0.6) is 0 Å². The smallest absolute Gasteiger partial charge is 0.231 e. The van der Waals surface area contributed by atoms with E-state index >= 15 is 0 Å². The Morgan fingerprint density at radius 3 is 3.27 bits per heavy atom. The summed E-state index contributed by atoms with van der Waals surface area (Å²) in [6, 6.07) is 2.02.